The number of nitrogens with two attached hydrogens (primary N) is 1. The molecule has 1 heterocycles. The third kappa shape index (κ3) is 4.99. The number of hydrogen-bond acceptors (Lipinski definition) is 7. The van der Waals surface area contributed by atoms with Crippen LogP contribution in [-0.2, 0) is 26.3 Å². The minimum absolute atomic E-state index is 0.0273. The Hall–Kier alpha value is -2.24. The van der Waals surface area contributed by atoms with Gasteiger partial charge in [0.2, 0.25) is 10.0 Å². The van der Waals surface area contributed by atoms with Crippen molar-refractivity contribution >= 4 is 27.6 Å². The third-order valence-electron chi connectivity index (χ3n) is 5.12. The van der Waals surface area contributed by atoms with E-state index in [1.54, 1.807) is 0 Å². The molecule has 168 valence electrons. The quantitative estimate of drug-likeness (QED) is 0.619. The Morgan fingerprint density at radius 1 is 1.32 bits per heavy atom. The van der Waals surface area contributed by atoms with Gasteiger partial charge in [0, 0.05) is 12.1 Å². The van der Waals surface area contributed by atoms with Crippen molar-refractivity contribution in [2.75, 3.05) is 6.54 Å². The number of carbonyl (C=O) groups is 1. The summed E-state index contributed by atoms with van der Waals surface area (Å²) in [5.74, 6) is 3.82. The number of sulfonamides is 1. The van der Waals surface area contributed by atoms with Crippen molar-refractivity contribution in [1.29, 1.82) is 0 Å². The fraction of sp³-hybridized carbons (Fsp3) is 0.350. The molecule has 8 nitrogen and oxygen atoms in total. The van der Waals surface area contributed by atoms with Gasteiger partial charge in [-0.15, -0.1) is 0 Å². The molecule has 0 amide bonds. The van der Waals surface area contributed by atoms with Crippen LogP contribution in [0.5, 0.6) is 5.75 Å². The summed E-state index contributed by atoms with van der Waals surface area (Å²) < 4.78 is 45.9. The molecule has 0 aliphatic carbocycles. The van der Waals surface area contributed by atoms with Gasteiger partial charge in [0.15, 0.2) is 6.04 Å². The van der Waals surface area contributed by atoms with Crippen LogP contribution in [0.25, 0.3) is 0 Å². The zero-order valence-corrected chi connectivity index (χ0v) is 18.2. The molecule has 1 fully saturated rings. The van der Waals surface area contributed by atoms with Crippen LogP contribution in [0.3, 0.4) is 0 Å². The van der Waals surface area contributed by atoms with E-state index in [0.717, 1.165) is 4.31 Å². The summed E-state index contributed by atoms with van der Waals surface area (Å²) in [5.41, 5.74) is -1.06. The highest BCUT2D eigenvalue weighted by molar-refractivity contribution is 7.89. The summed E-state index contributed by atoms with van der Waals surface area (Å²) >= 11 is 5.97. The monoisotopic (exact) mass is 472 g/mol. The van der Waals surface area contributed by atoms with E-state index in [1.807, 2.05) is 0 Å². The minimum atomic E-state index is -4.13. The van der Waals surface area contributed by atoms with Crippen LogP contribution in [0.15, 0.2) is 47.4 Å². The SMILES string of the molecule is CC1(O)CCCN(S(=O)(=O)c2ccc(OCc3ccc(F)cc3Cl)cc2)C1C(=O)ON. The summed E-state index contributed by atoms with van der Waals surface area (Å²) in [5, 5.41) is 10.8. The van der Waals surface area contributed by atoms with Crippen molar-refractivity contribution < 1.29 is 32.3 Å². The molecule has 3 N–H and O–H groups in total. The van der Waals surface area contributed by atoms with E-state index in [0.29, 0.717) is 17.7 Å². The molecule has 3 rings (SSSR count). The Kier molecular flexibility index (Phi) is 6.87. The summed E-state index contributed by atoms with van der Waals surface area (Å²) in [7, 11) is -4.13. The van der Waals surface area contributed by atoms with Gasteiger partial charge in [-0.25, -0.2) is 17.6 Å². The second-order valence-corrected chi connectivity index (χ2v) is 9.71. The minimum Gasteiger partial charge on any atom is -0.489 e. The Morgan fingerprint density at radius 2 is 2.00 bits per heavy atom. The molecule has 0 radical (unpaired) electrons. The largest absolute Gasteiger partial charge is 0.489 e. The molecule has 0 bridgehead atoms. The average Bonchev–Trinajstić information content (AvgIpc) is 2.72. The number of benzene rings is 2. The normalized spacial score (nSPS) is 22.2. The first-order valence-electron chi connectivity index (χ1n) is 9.38. The predicted molar refractivity (Wildman–Crippen MR) is 110 cm³/mol. The number of ether oxygens (including phenoxy) is 1. The first-order valence-corrected chi connectivity index (χ1v) is 11.2. The summed E-state index contributed by atoms with van der Waals surface area (Å²) in [6.45, 7) is 1.46. The summed E-state index contributed by atoms with van der Waals surface area (Å²) in [4.78, 5) is 16.3. The highest BCUT2D eigenvalue weighted by Gasteiger charge is 2.50. The van der Waals surface area contributed by atoms with E-state index in [1.165, 1.54) is 49.4 Å². The first kappa shape index (κ1) is 23.4. The van der Waals surface area contributed by atoms with Crippen LogP contribution in [-0.4, -0.2) is 42.0 Å². The molecule has 2 atom stereocenters. The van der Waals surface area contributed by atoms with Crippen molar-refractivity contribution in [2.45, 2.75) is 42.9 Å². The lowest BCUT2D eigenvalue weighted by Gasteiger charge is -2.42. The van der Waals surface area contributed by atoms with Gasteiger partial charge < -0.3 is 14.7 Å². The highest BCUT2D eigenvalue weighted by atomic mass is 35.5. The second kappa shape index (κ2) is 9.09. The van der Waals surface area contributed by atoms with Gasteiger partial charge in [0.25, 0.3) is 0 Å². The number of rotatable bonds is 6. The molecule has 1 saturated heterocycles. The molecule has 2 aromatic rings. The standard InChI is InChI=1S/C20H22ClFN2O6S/c1-20(26)9-2-10-24(18(20)19(25)30-23)31(27,28)16-7-5-15(6-8-16)29-12-13-3-4-14(22)11-17(13)21/h3-8,11,18,26H,2,9-10,12,23H2,1H3. The van der Waals surface area contributed by atoms with Gasteiger partial charge in [-0.2, -0.15) is 10.2 Å². The number of nitrogens with zero attached hydrogens (tertiary/aromatic N) is 1. The maximum absolute atomic E-state index is 13.1. The molecule has 2 aromatic carbocycles. The molecule has 11 heteroatoms. The predicted octanol–water partition coefficient (Wildman–Crippen LogP) is 2.38. The molecule has 2 unspecified atom stereocenters. The molecule has 0 saturated carbocycles. The average molecular weight is 473 g/mol. The maximum atomic E-state index is 13.1. The van der Waals surface area contributed by atoms with E-state index in [4.69, 9.17) is 22.2 Å². The maximum Gasteiger partial charge on any atom is 0.345 e. The molecule has 0 spiro atoms. The Bertz CT molecular complexity index is 1060. The van der Waals surface area contributed by atoms with Gasteiger partial charge >= 0.3 is 5.97 Å². The number of carbonyl (C=O) groups excluding carboxylic acids is 1. The zero-order valence-electron chi connectivity index (χ0n) is 16.6. The van der Waals surface area contributed by atoms with Crippen LogP contribution in [0.4, 0.5) is 4.39 Å². The van der Waals surface area contributed by atoms with Gasteiger partial charge in [0.1, 0.15) is 18.2 Å². The molecular formula is C20H22ClFN2O6S. The lowest BCUT2D eigenvalue weighted by Crippen LogP contribution is -2.61. The van der Waals surface area contributed by atoms with Crippen molar-refractivity contribution in [3.8, 4) is 5.75 Å². The van der Waals surface area contributed by atoms with E-state index in [-0.39, 0.29) is 29.5 Å². The van der Waals surface area contributed by atoms with Crippen LogP contribution in [0, 0.1) is 5.82 Å². The Balaban J connectivity index is 1.79. The Morgan fingerprint density at radius 3 is 2.61 bits per heavy atom. The fourth-order valence-electron chi connectivity index (χ4n) is 3.51. The van der Waals surface area contributed by atoms with E-state index in [9.17, 15) is 22.7 Å². The Labute approximate surface area is 184 Å². The highest BCUT2D eigenvalue weighted by Crippen LogP contribution is 2.33. The molecule has 1 aliphatic rings. The molecular weight excluding hydrogens is 451 g/mol. The van der Waals surface area contributed by atoms with Crippen molar-refractivity contribution in [2.24, 2.45) is 5.90 Å². The second-order valence-electron chi connectivity index (χ2n) is 7.41. The lowest BCUT2D eigenvalue weighted by atomic mass is 9.88. The molecule has 31 heavy (non-hydrogen) atoms. The summed E-state index contributed by atoms with van der Waals surface area (Å²) in [6, 6.07) is 8.01. The van der Waals surface area contributed by atoms with Crippen LogP contribution in [0.1, 0.15) is 25.3 Å². The van der Waals surface area contributed by atoms with Gasteiger partial charge in [-0.05, 0) is 56.2 Å². The van der Waals surface area contributed by atoms with Crippen molar-refractivity contribution in [3.05, 3.63) is 58.9 Å². The van der Waals surface area contributed by atoms with Crippen molar-refractivity contribution in [1.82, 2.24) is 4.31 Å². The number of hydrogen-bond donors (Lipinski definition) is 2. The van der Waals surface area contributed by atoms with Gasteiger partial charge in [-0.1, -0.05) is 17.7 Å². The summed E-state index contributed by atoms with van der Waals surface area (Å²) in [6.07, 6.45) is 0.581. The first-order chi connectivity index (χ1) is 14.6. The fourth-order valence-corrected chi connectivity index (χ4v) is 5.44. The van der Waals surface area contributed by atoms with Crippen LogP contribution >= 0.6 is 11.6 Å². The number of aliphatic hydroxyl groups is 1. The van der Waals surface area contributed by atoms with E-state index >= 15 is 0 Å². The number of piperidine rings is 1. The van der Waals surface area contributed by atoms with E-state index in [2.05, 4.69) is 4.84 Å². The van der Waals surface area contributed by atoms with Crippen LogP contribution < -0.4 is 10.6 Å². The van der Waals surface area contributed by atoms with E-state index < -0.39 is 33.5 Å². The lowest BCUT2D eigenvalue weighted by molar-refractivity contribution is -0.160. The zero-order chi connectivity index (χ0) is 22.8. The molecule has 0 aromatic heterocycles. The van der Waals surface area contributed by atoms with Gasteiger partial charge in [0.05, 0.1) is 15.5 Å². The smallest absolute Gasteiger partial charge is 0.345 e. The van der Waals surface area contributed by atoms with Gasteiger partial charge in [-0.3, -0.25) is 0 Å². The number of halogens is 2. The van der Waals surface area contributed by atoms with Crippen molar-refractivity contribution in [3.63, 3.8) is 0 Å². The molecule has 1 aliphatic heterocycles. The topological polar surface area (TPSA) is 119 Å². The third-order valence-corrected chi connectivity index (χ3v) is 7.35. The van der Waals surface area contributed by atoms with Crippen LogP contribution in [0.2, 0.25) is 5.02 Å².